The molecular formula is C21H16FN5O3. The number of hydrogen-bond acceptors (Lipinski definition) is 5. The number of nitrogens with zero attached hydrogens (tertiary/aromatic N) is 4. The van der Waals surface area contributed by atoms with E-state index in [9.17, 15) is 18.8 Å². The Hall–Kier alpha value is -3.88. The largest absolute Gasteiger partial charge is 0.322 e. The van der Waals surface area contributed by atoms with E-state index in [-0.39, 0.29) is 30.6 Å². The van der Waals surface area contributed by atoms with Gasteiger partial charge in [-0.25, -0.2) is 9.07 Å². The van der Waals surface area contributed by atoms with Crippen LogP contribution in [0.4, 0.5) is 4.39 Å². The maximum Gasteiger partial charge on any atom is 0.255 e. The Morgan fingerprint density at radius 2 is 1.90 bits per heavy atom. The molecule has 2 aromatic carbocycles. The van der Waals surface area contributed by atoms with Gasteiger partial charge in [0.2, 0.25) is 11.8 Å². The summed E-state index contributed by atoms with van der Waals surface area (Å²) in [7, 11) is 0. The summed E-state index contributed by atoms with van der Waals surface area (Å²) in [6.07, 6.45) is 2.14. The summed E-state index contributed by atoms with van der Waals surface area (Å²) in [5.74, 6) is -1.39. The van der Waals surface area contributed by atoms with Crippen molar-refractivity contribution >= 4 is 17.7 Å². The lowest BCUT2D eigenvalue weighted by Crippen LogP contribution is -2.52. The third-order valence-corrected chi connectivity index (χ3v) is 5.41. The number of amides is 3. The molecule has 0 spiro atoms. The van der Waals surface area contributed by atoms with Crippen LogP contribution in [0.5, 0.6) is 0 Å². The molecule has 5 rings (SSSR count). The Labute approximate surface area is 170 Å². The first-order chi connectivity index (χ1) is 14.5. The van der Waals surface area contributed by atoms with Crippen LogP contribution in [0.3, 0.4) is 0 Å². The van der Waals surface area contributed by atoms with Crippen molar-refractivity contribution < 1.29 is 18.8 Å². The number of rotatable bonds is 3. The fraction of sp³-hybridized carbons (Fsp3) is 0.190. The summed E-state index contributed by atoms with van der Waals surface area (Å²) in [4.78, 5) is 37.8. The van der Waals surface area contributed by atoms with Crippen molar-refractivity contribution in [3.05, 3.63) is 65.6 Å². The predicted molar refractivity (Wildman–Crippen MR) is 103 cm³/mol. The van der Waals surface area contributed by atoms with E-state index >= 15 is 0 Å². The number of halogens is 1. The van der Waals surface area contributed by atoms with E-state index < -0.39 is 11.9 Å². The van der Waals surface area contributed by atoms with Crippen molar-refractivity contribution in [2.45, 2.75) is 25.4 Å². The highest BCUT2D eigenvalue weighted by Crippen LogP contribution is 2.29. The van der Waals surface area contributed by atoms with Crippen LogP contribution in [0.2, 0.25) is 0 Å². The second-order valence-electron chi connectivity index (χ2n) is 7.27. The van der Waals surface area contributed by atoms with Crippen LogP contribution in [0.1, 0.15) is 28.8 Å². The molecule has 0 aliphatic carbocycles. The zero-order valence-corrected chi connectivity index (χ0v) is 15.7. The zero-order valence-electron chi connectivity index (χ0n) is 15.7. The van der Waals surface area contributed by atoms with Gasteiger partial charge in [0, 0.05) is 24.1 Å². The van der Waals surface area contributed by atoms with Crippen molar-refractivity contribution in [3.8, 4) is 16.9 Å². The highest BCUT2D eigenvalue weighted by atomic mass is 19.1. The topological polar surface area (TPSA) is 97.2 Å². The molecule has 1 fully saturated rings. The van der Waals surface area contributed by atoms with Gasteiger partial charge in [-0.1, -0.05) is 17.3 Å². The Balaban J connectivity index is 1.42. The van der Waals surface area contributed by atoms with Crippen molar-refractivity contribution in [3.63, 3.8) is 0 Å². The smallest absolute Gasteiger partial charge is 0.255 e. The summed E-state index contributed by atoms with van der Waals surface area (Å²) in [5, 5.41) is 10.4. The highest BCUT2D eigenvalue weighted by molar-refractivity contribution is 6.05. The maximum absolute atomic E-state index is 14.0. The molecule has 0 bridgehead atoms. The van der Waals surface area contributed by atoms with E-state index in [1.54, 1.807) is 42.6 Å². The van der Waals surface area contributed by atoms with Crippen LogP contribution in [0, 0.1) is 5.82 Å². The molecule has 0 radical (unpaired) electrons. The summed E-state index contributed by atoms with van der Waals surface area (Å²) in [6, 6.07) is 10.9. The van der Waals surface area contributed by atoms with Gasteiger partial charge in [0.1, 0.15) is 17.6 Å². The van der Waals surface area contributed by atoms with Gasteiger partial charge >= 0.3 is 0 Å². The third-order valence-electron chi connectivity index (χ3n) is 5.41. The molecule has 3 aromatic rings. The minimum absolute atomic E-state index is 0.208. The van der Waals surface area contributed by atoms with Gasteiger partial charge in [-0.15, -0.1) is 5.10 Å². The number of nitrogens with one attached hydrogen (secondary N) is 1. The lowest BCUT2D eigenvalue weighted by Gasteiger charge is -2.29. The SMILES string of the molecule is O=C1CCC(N2Cc3cc(-n4cc(-c5ccccc5F)nn4)ccc3C2=O)C(=O)N1. The fourth-order valence-electron chi connectivity index (χ4n) is 3.89. The number of imide groups is 1. The number of hydrogen-bond donors (Lipinski definition) is 1. The Bertz CT molecular complexity index is 1200. The molecule has 30 heavy (non-hydrogen) atoms. The van der Waals surface area contributed by atoms with Gasteiger partial charge in [0.25, 0.3) is 5.91 Å². The summed E-state index contributed by atoms with van der Waals surface area (Å²) in [6.45, 7) is 0.267. The molecule has 9 heteroatoms. The summed E-state index contributed by atoms with van der Waals surface area (Å²) >= 11 is 0. The minimum Gasteiger partial charge on any atom is -0.322 e. The molecule has 1 aromatic heterocycles. The van der Waals surface area contributed by atoms with Crippen LogP contribution < -0.4 is 5.32 Å². The van der Waals surface area contributed by atoms with E-state index in [4.69, 9.17) is 0 Å². The lowest BCUT2D eigenvalue weighted by molar-refractivity contribution is -0.136. The van der Waals surface area contributed by atoms with Crippen LogP contribution in [0.15, 0.2) is 48.7 Å². The average molecular weight is 405 g/mol. The Morgan fingerprint density at radius 1 is 1.07 bits per heavy atom. The normalized spacial score (nSPS) is 18.5. The zero-order chi connectivity index (χ0) is 20.8. The summed E-state index contributed by atoms with van der Waals surface area (Å²) < 4.78 is 15.5. The Kier molecular flexibility index (Phi) is 4.16. The van der Waals surface area contributed by atoms with E-state index in [1.807, 2.05) is 0 Å². The van der Waals surface area contributed by atoms with E-state index in [2.05, 4.69) is 15.6 Å². The van der Waals surface area contributed by atoms with E-state index in [1.165, 1.54) is 15.6 Å². The molecule has 1 N–H and O–H groups in total. The first kappa shape index (κ1) is 18.2. The van der Waals surface area contributed by atoms with Gasteiger partial charge in [0.05, 0.1) is 11.9 Å². The minimum atomic E-state index is -0.662. The number of fused-ring (bicyclic) bond motifs is 1. The molecule has 8 nitrogen and oxygen atoms in total. The number of aromatic nitrogens is 3. The van der Waals surface area contributed by atoms with E-state index in [0.717, 1.165) is 5.56 Å². The average Bonchev–Trinajstić information content (AvgIpc) is 3.34. The molecule has 3 amide bonds. The molecule has 150 valence electrons. The van der Waals surface area contributed by atoms with Crippen molar-refractivity contribution in [1.82, 2.24) is 25.2 Å². The maximum atomic E-state index is 14.0. The number of piperidine rings is 1. The number of benzene rings is 2. The van der Waals surface area contributed by atoms with Crippen molar-refractivity contribution in [2.24, 2.45) is 0 Å². The quantitative estimate of drug-likeness (QED) is 0.671. The molecule has 2 aliphatic heterocycles. The summed E-state index contributed by atoms with van der Waals surface area (Å²) in [5.41, 5.74) is 2.68. The predicted octanol–water partition coefficient (Wildman–Crippen LogP) is 1.83. The fourth-order valence-corrected chi connectivity index (χ4v) is 3.89. The van der Waals surface area contributed by atoms with Gasteiger partial charge in [0.15, 0.2) is 0 Å². The van der Waals surface area contributed by atoms with Gasteiger partial charge in [-0.05, 0) is 42.3 Å². The van der Waals surface area contributed by atoms with Crippen molar-refractivity contribution in [2.75, 3.05) is 0 Å². The van der Waals surface area contributed by atoms with Crippen LogP contribution in [0.25, 0.3) is 16.9 Å². The monoisotopic (exact) mass is 405 g/mol. The number of carbonyl (C=O) groups excluding carboxylic acids is 3. The molecule has 1 atom stereocenters. The Morgan fingerprint density at radius 3 is 2.70 bits per heavy atom. The van der Waals surface area contributed by atoms with Crippen LogP contribution >= 0.6 is 0 Å². The highest BCUT2D eigenvalue weighted by Gasteiger charge is 2.39. The number of carbonyl (C=O) groups is 3. The standard InChI is InChI=1S/C21H16FN5O3/c22-16-4-2-1-3-15(16)17-11-27(25-24-17)13-5-6-14-12(9-13)10-26(21(14)30)18-7-8-19(28)23-20(18)29/h1-6,9,11,18H,7-8,10H2,(H,23,28,29). The molecule has 2 aliphatic rings. The molecular weight excluding hydrogens is 389 g/mol. The van der Waals surface area contributed by atoms with Gasteiger partial charge < -0.3 is 4.90 Å². The van der Waals surface area contributed by atoms with Gasteiger partial charge in [-0.3, -0.25) is 19.7 Å². The van der Waals surface area contributed by atoms with Crippen molar-refractivity contribution in [1.29, 1.82) is 0 Å². The lowest BCUT2D eigenvalue weighted by atomic mass is 10.0. The molecule has 0 saturated carbocycles. The van der Waals surface area contributed by atoms with E-state index in [0.29, 0.717) is 28.9 Å². The second kappa shape index (κ2) is 6.87. The first-order valence-corrected chi connectivity index (χ1v) is 9.46. The van der Waals surface area contributed by atoms with Crippen LogP contribution in [-0.4, -0.2) is 43.7 Å². The van der Waals surface area contributed by atoms with Crippen LogP contribution in [-0.2, 0) is 16.1 Å². The molecule has 1 saturated heterocycles. The molecule has 3 heterocycles. The van der Waals surface area contributed by atoms with Gasteiger partial charge in [-0.2, -0.15) is 0 Å². The first-order valence-electron chi connectivity index (χ1n) is 9.46. The second-order valence-corrected chi connectivity index (χ2v) is 7.27. The molecule has 1 unspecified atom stereocenters. The third kappa shape index (κ3) is 2.95.